The van der Waals surface area contributed by atoms with Gasteiger partial charge >= 0.3 is 5.69 Å². The maximum atomic E-state index is 11.8. The highest BCUT2D eigenvalue weighted by molar-refractivity contribution is 6.31. The van der Waals surface area contributed by atoms with Gasteiger partial charge in [0.05, 0.1) is 30.5 Å². The van der Waals surface area contributed by atoms with Crippen LogP contribution < -0.4 is 20.1 Å². The number of nitrogens with zero attached hydrogens (tertiary/aromatic N) is 3. The van der Waals surface area contributed by atoms with Gasteiger partial charge in [-0.3, -0.25) is 10.1 Å². The van der Waals surface area contributed by atoms with E-state index in [4.69, 9.17) is 21.1 Å². The van der Waals surface area contributed by atoms with Crippen LogP contribution >= 0.6 is 11.6 Å². The van der Waals surface area contributed by atoms with E-state index in [2.05, 4.69) is 20.6 Å². The molecule has 3 aromatic rings. The summed E-state index contributed by atoms with van der Waals surface area (Å²) in [6, 6.07) is 11.9. The predicted molar refractivity (Wildman–Crippen MR) is 106 cm³/mol. The smallest absolute Gasteiger partial charge is 0.353 e. The Balaban J connectivity index is 2.03. The molecule has 0 aliphatic heterocycles. The average molecular weight is 402 g/mol. The van der Waals surface area contributed by atoms with Gasteiger partial charge in [0.2, 0.25) is 11.6 Å². The quantitative estimate of drug-likeness (QED) is 0.438. The Labute approximate surface area is 165 Å². The third-order valence-corrected chi connectivity index (χ3v) is 4.01. The molecule has 10 heteroatoms. The lowest BCUT2D eigenvalue weighted by Crippen LogP contribution is -2.06. The zero-order chi connectivity index (χ0) is 20.1. The zero-order valence-corrected chi connectivity index (χ0v) is 15.7. The van der Waals surface area contributed by atoms with Gasteiger partial charge in [0.25, 0.3) is 0 Å². The number of ether oxygens (including phenoxy) is 2. The van der Waals surface area contributed by atoms with Crippen molar-refractivity contribution >= 4 is 40.3 Å². The van der Waals surface area contributed by atoms with Crippen LogP contribution in [-0.4, -0.2) is 29.1 Å². The number of aromatic nitrogens is 2. The summed E-state index contributed by atoms with van der Waals surface area (Å²) in [5.74, 6) is 0.962. The Morgan fingerprint density at radius 3 is 2.21 bits per heavy atom. The van der Waals surface area contributed by atoms with Crippen molar-refractivity contribution in [3.05, 3.63) is 63.9 Å². The Kier molecular flexibility index (Phi) is 5.75. The van der Waals surface area contributed by atoms with E-state index in [1.165, 1.54) is 20.5 Å². The molecule has 0 unspecified atom stereocenters. The van der Waals surface area contributed by atoms with E-state index in [1.807, 2.05) is 0 Å². The van der Waals surface area contributed by atoms with Gasteiger partial charge in [0, 0.05) is 5.02 Å². The lowest BCUT2D eigenvalue weighted by atomic mass is 10.2. The van der Waals surface area contributed by atoms with Crippen LogP contribution in [0, 0.1) is 10.1 Å². The number of halogens is 1. The molecule has 0 fully saturated rings. The summed E-state index contributed by atoms with van der Waals surface area (Å²) in [6.45, 7) is 0. The molecule has 1 aromatic heterocycles. The van der Waals surface area contributed by atoms with Gasteiger partial charge in [0.15, 0.2) is 0 Å². The first kappa shape index (κ1) is 19.2. The summed E-state index contributed by atoms with van der Waals surface area (Å²) in [4.78, 5) is 19.2. The van der Waals surface area contributed by atoms with Gasteiger partial charge in [-0.15, -0.1) is 0 Å². The number of methoxy groups -OCH3 is 2. The first-order valence-corrected chi connectivity index (χ1v) is 8.41. The zero-order valence-electron chi connectivity index (χ0n) is 15.0. The number of benzene rings is 2. The molecule has 3 rings (SSSR count). The molecule has 2 aromatic carbocycles. The molecular formula is C18H16ClN5O4. The molecule has 0 aliphatic rings. The minimum absolute atomic E-state index is 0.00740. The maximum Gasteiger partial charge on any atom is 0.353 e. The van der Waals surface area contributed by atoms with Crippen LogP contribution in [0.15, 0.2) is 48.8 Å². The van der Waals surface area contributed by atoms with Crippen LogP contribution in [0.3, 0.4) is 0 Å². The minimum atomic E-state index is -0.572. The van der Waals surface area contributed by atoms with E-state index in [1.54, 1.807) is 42.5 Å². The molecule has 0 spiro atoms. The van der Waals surface area contributed by atoms with Crippen LogP contribution in [-0.2, 0) is 0 Å². The Morgan fingerprint density at radius 1 is 0.964 bits per heavy atom. The number of para-hydroxylation sites is 2. The monoisotopic (exact) mass is 401 g/mol. The van der Waals surface area contributed by atoms with E-state index in [-0.39, 0.29) is 17.3 Å². The second-order valence-corrected chi connectivity index (χ2v) is 5.91. The largest absolute Gasteiger partial charge is 0.495 e. The lowest BCUT2D eigenvalue weighted by molar-refractivity contribution is -0.383. The summed E-state index contributed by atoms with van der Waals surface area (Å²) >= 11 is 6.03. The van der Waals surface area contributed by atoms with Crippen molar-refractivity contribution in [2.24, 2.45) is 0 Å². The number of nitro groups is 1. The number of hydrogen-bond acceptors (Lipinski definition) is 8. The summed E-state index contributed by atoms with van der Waals surface area (Å²) < 4.78 is 10.5. The van der Waals surface area contributed by atoms with Crippen molar-refractivity contribution in [3.8, 4) is 11.5 Å². The molecule has 0 bridgehead atoms. The molecule has 144 valence electrons. The second kappa shape index (κ2) is 8.40. The average Bonchev–Trinajstić information content (AvgIpc) is 2.68. The van der Waals surface area contributed by atoms with Gasteiger partial charge in [-0.2, -0.15) is 0 Å². The third-order valence-electron chi connectivity index (χ3n) is 3.78. The maximum absolute atomic E-state index is 11.8. The Morgan fingerprint density at radius 2 is 1.57 bits per heavy atom. The molecule has 0 saturated carbocycles. The van der Waals surface area contributed by atoms with Crippen molar-refractivity contribution in [2.45, 2.75) is 0 Å². The fourth-order valence-electron chi connectivity index (χ4n) is 2.52. The molecular weight excluding hydrogens is 386 g/mol. The van der Waals surface area contributed by atoms with E-state index in [0.29, 0.717) is 27.9 Å². The Hall–Kier alpha value is -3.59. The highest BCUT2D eigenvalue weighted by Crippen LogP contribution is 2.37. The van der Waals surface area contributed by atoms with E-state index < -0.39 is 4.92 Å². The minimum Gasteiger partial charge on any atom is -0.495 e. The fraction of sp³-hybridized carbons (Fsp3) is 0.111. The van der Waals surface area contributed by atoms with Gasteiger partial charge in [-0.25, -0.2) is 9.97 Å². The van der Waals surface area contributed by atoms with Crippen LogP contribution in [0.5, 0.6) is 11.5 Å². The van der Waals surface area contributed by atoms with Gasteiger partial charge < -0.3 is 20.1 Å². The molecule has 9 nitrogen and oxygen atoms in total. The molecule has 0 amide bonds. The van der Waals surface area contributed by atoms with Gasteiger partial charge in [-0.1, -0.05) is 23.7 Å². The standard InChI is InChI=1S/C18H16ClN5O4/c1-27-14-6-4-3-5-12(14)22-17-16(24(25)26)18(21-10-20-17)23-13-9-11(19)7-8-15(13)28-2/h3-10H,1-2H3,(H2,20,21,22,23). The molecule has 2 N–H and O–H groups in total. The highest BCUT2D eigenvalue weighted by atomic mass is 35.5. The van der Waals surface area contributed by atoms with Crippen LogP contribution in [0.2, 0.25) is 5.02 Å². The number of hydrogen-bond donors (Lipinski definition) is 2. The van der Waals surface area contributed by atoms with Crippen molar-refractivity contribution in [3.63, 3.8) is 0 Å². The van der Waals surface area contributed by atoms with E-state index in [9.17, 15) is 10.1 Å². The van der Waals surface area contributed by atoms with Crippen LogP contribution in [0.4, 0.5) is 28.7 Å². The fourth-order valence-corrected chi connectivity index (χ4v) is 2.69. The molecule has 0 atom stereocenters. The molecule has 28 heavy (non-hydrogen) atoms. The predicted octanol–water partition coefficient (Wildman–Crippen LogP) is 4.54. The molecule has 0 saturated heterocycles. The number of anilines is 4. The second-order valence-electron chi connectivity index (χ2n) is 5.47. The third kappa shape index (κ3) is 4.04. The summed E-state index contributed by atoms with van der Waals surface area (Å²) in [7, 11) is 2.99. The summed E-state index contributed by atoms with van der Waals surface area (Å²) in [5, 5.41) is 18.0. The van der Waals surface area contributed by atoms with Crippen molar-refractivity contribution in [2.75, 3.05) is 24.9 Å². The molecule has 0 radical (unpaired) electrons. The number of rotatable bonds is 7. The van der Waals surface area contributed by atoms with E-state index in [0.717, 1.165) is 0 Å². The summed E-state index contributed by atoms with van der Waals surface area (Å²) in [6.07, 6.45) is 1.21. The first-order chi connectivity index (χ1) is 13.5. The SMILES string of the molecule is COc1ccccc1Nc1ncnc(Nc2cc(Cl)ccc2OC)c1[N+](=O)[O-]. The van der Waals surface area contributed by atoms with Crippen LogP contribution in [0.1, 0.15) is 0 Å². The molecule has 0 aliphatic carbocycles. The number of nitrogens with one attached hydrogen (secondary N) is 2. The molecule has 1 heterocycles. The van der Waals surface area contributed by atoms with Crippen molar-refractivity contribution < 1.29 is 14.4 Å². The lowest BCUT2D eigenvalue weighted by Gasteiger charge is -2.13. The topological polar surface area (TPSA) is 111 Å². The van der Waals surface area contributed by atoms with Crippen LogP contribution in [0.25, 0.3) is 0 Å². The normalized spacial score (nSPS) is 10.2. The van der Waals surface area contributed by atoms with Crippen molar-refractivity contribution in [1.82, 2.24) is 9.97 Å². The van der Waals surface area contributed by atoms with Gasteiger partial charge in [0.1, 0.15) is 17.8 Å². The van der Waals surface area contributed by atoms with Crippen molar-refractivity contribution in [1.29, 1.82) is 0 Å². The highest BCUT2D eigenvalue weighted by Gasteiger charge is 2.24. The van der Waals surface area contributed by atoms with E-state index >= 15 is 0 Å². The van der Waals surface area contributed by atoms with Gasteiger partial charge in [-0.05, 0) is 30.3 Å². The summed E-state index contributed by atoms with van der Waals surface area (Å²) in [5.41, 5.74) is 0.619. The first-order valence-electron chi connectivity index (χ1n) is 8.03. The Bertz CT molecular complexity index is 1020.